The summed E-state index contributed by atoms with van der Waals surface area (Å²) in [7, 11) is 0. The Labute approximate surface area is 191 Å². The minimum Gasteiger partial charge on any atom is -0.494 e. The minimum absolute atomic E-state index is 0.0387. The van der Waals surface area contributed by atoms with Gasteiger partial charge in [-0.05, 0) is 67.6 Å². The number of amides is 2. The Morgan fingerprint density at radius 3 is 2.38 bits per heavy atom. The molecule has 0 saturated carbocycles. The van der Waals surface area contributed by atoms with Crippen LogP contribution in [0.5, 0.6) is 5.75 Å². The van der Waals surface area contributed by atoms with Gasteiger partial charge in [0.1, 0.15) is 5.75 Å². The highest BCUT2D eigenvalue weighted by Gasteiger charge is 2.17. The predicted molar refractivity (Wildman–Crippen MR) is 129 cm³/mol. The molecular formula is C26H35N3O3. The highest BCUT2D eigenvalue weighted by atomic mass is 16.5. The fourth-order valence-corrected chi connectivity index (χ4v) is 3.66. The Balaban J connectivity index is 1.47. The van der Waals surface area contributed by atoms with Gasteiger partial charge in [0, 0.05) is 30.0 Å². The monoisotopic (exact) mass is 437 g/mol. The summed E-state index contributed by atoms with van der Waals surface area (Å²) in [6.45, 7) is 6.79. The Morgan fingerprint density at radius 2 is 1.69 bits per heavy atom. The van der Waals surface area contributed by atoms with Gasteiger partial charge in [-0.25, -0.2) is 0 Å². The van der Waals surface area contributed by atoms with E-state index in [1.807, 2.05) is 41.3 Å². The van der Waals surface area contributed by atoms with Crippen LogP contribution in [0.3, 0.4) is 0 Å². The van der Waals surface area contributed by atoms with E-state index in [0.29, 0.717) is 23.8 Å². The minimum atomic E-state index is -0.165. The first-order chi connectivity index (χ1) is 15.5. The number of nitrogens with one attached hydrogen (secondary N) is 2. The van der Waals surface area contributed by atoms with Gasteiger partial charge in [0.05, 0.1) is 13.2 Å². The van der Waals surface area contributed by atoms with Crippen LogP contribution in [0.4, 0.5) is 11.4 Å². The van der Waals surface area contributed by atoms with Crippen molar-refractivity contribution in [3.05, 3.63) is 54.1 Å². The van der Waals surface area contributed by atoms with Gasteiger partial charge < -0.3 is 20.3 Å². The smallest absolute Gasteiger partial charge is 0.253 e. The Kier molecular flexibility index (Phi) is 8.96. The van der Waals surface area contributed by atoms with Crippen LogP contribution in [0.15, 0.2) is 48.5 Å². The Bertz CT molecular complexity index is 872. The Hall–Kier alpha value is -3.02. The summed E-state index contributed by atoms with van der Waals surface area (Å²) < 4.78 is 5.72. The van der Waals surface area contributed by atoms with Crippen LogP contribution in [-0.2, 0) is 4.79 Å². The van der Waals surface area contributed by atoms with Crippen molar-refractivity contribution in [2.75, 3.05) is 36.9 Å². The van der Waals surface area contributed by atoms with Crippen molar-refractivity contribution in [1.82, 2.24) is 4.90 Å². The molecular weight excluding hydrogens is 402 g/mol. The summed E-state index contributed by atoms with van der Waals surface area (Å²) in [5, 5.41) is 6.00. The topological polar surface area (TPSA) is 70.7 Å². The second kappa shape index (κ2) is 12.1. The largest absolute Gasteiger partial charge is 0.494 e. The van der Waals surface area contributed by atoms with E-state index in [-0.39, 0.29) is 18.4 Å². The number of likely N-dealkylation sites (tertiary alicyclic amines) is 1. The van der Waals surface area contributed by atoms with Gasteiger partial charge in [-0.2, -0.15) is 0 Å². The van der Waals surface area contributed by atoms with E-state index < -0.39 is 0 Å². The predicted octanol–water partition coefficient (Wildman–Crippen LogP) is 5.18. The first-order valence-electron chi connectivity index (χ1n) is 11.7. The van der Waals surface area contributed by atoms with Crippen LogP contribution in [0.25, 0.3) is 0 Å². The number of nitrogens with zero attached hydrogens (tertiary/aromatic N) is 1. The first kappa shape index (κ1) is 23.6. The number of carbonyl (C=O) groups excluding carboxylic acids is 2. The van der Waals surface area contributed by atoms with Crippen molar-refractivity contribution in [2.45, 2.75) is 46.0 Å². The first-order valence-corrected chi connectivity index (χ1v) is 11.7. The summed E-state index contributed by atoms with van der Waals surface area (Å²) in [5.41, 5.74) is 2.10. The third-order valence-electron chi connectivity index (χ3n) is 5.56. The average Bonchev–Trinajstić information content (AvgIpc) is 3.08. The summed E-state index contributed by atoms with van der Waals surface area (Å²) in [6.07, 6.45) is 5.49. The van der Waals surface area contributed by atoms with E-state index in [4.69, 9.17) is 4.74 Å². The summed E-state index contributed by atoms with van der Waals surface area (Å²) in [6, 6.07) is 14.8. The number of hydrogen-bond donors (Lipinski definition) is 2. The molecule has 6 nitrogen and oxygen atoms in total. The number of anilines is 2. The second-order valence-electron chi connectivity index (χ2n) is 8.74. The molecule has 0 bridgehead atoms. The molecule has 1 aliphatic rings. The second-order valence-corrected chi connectivity index (χ2v) is 8.74. The summed E-state index contributed by atoms with van der Waals surface area (Å²) in [4.78, 5) is 27.1. The third kappa shape index (κ3) is 7.59. The molecule has 172 valence electrons. The lowest BCUT2D eigenvalue weighted by Gasteiger charge is -2.20. The van der Waals surface area contributed by atoms with E-state index >= 15 is 0 Å². The van der Waals surface area contributed by atoms with Gasteiger partial charge in [0.2, 0.25) is 5.91 Å². The zero-order chi connectivity index (χ0) is 22.8. The highest BCUT2D eigenvalue weighted by Crippen LogP contribution is 2.18. The molecule has 6 heteroatoms. The van der Waals surface area contributed by atoms with Crippen molar-refractivity contribution >= 4 is 23.2 Å². The lowest BCUT2D eigenvalue weighted by molar-refractivity contribution is -0.114. The maximum absolute atomic E-state index is 12.8. The van der Waals surface area contributed by atoms with Gasteiger partial charge in [-0.3, -0.25) is 9.59 Å². The van der Waals surface area contributed by atoms with Crippen LogP contribution in [0.1, 0.15) is 56.3 Å². The zero-order valence-electron chi connectivity index (χ0n) is 19.2. The number of carbonyl (C=O) groups is 2. The lowest BCUT2D eigenvalue weighted by Crippen LogP contribution is -2.31. The SMILES string of the molecule is CC(C)CCOc1ccc(NCC(=O)Nc2cccc(C(=O)N3CCCCCC3)c2)cc1. The standard InChI is InChI=1S/C26H35N3O3/c1-20(2)14-17-32-24-12-10-22(11-13-24)27-19-25(30)28-23-9-7-8-21(18-23)26(31)29-15-5-3-4-6-16-29/h7-13,18,20,27H,3-6,14-17,19H2,1-2H3,(H,28,30). The number of benzene rings is 2. The number of ether oxygens (including phenoxy) is 1. The molecule has 3 rings (SSSR count). The van der Waals surface area contributed by atoms with Gasteiger partial charge in [-0.15, -0.1) is 0 Å². The van der Waals surface area contributed by atoms with E-state index in [2.05, 4.69) is 24.5 Å². The molecule has 2 N–H and O–H groups in total. The molecule has 1 heterocycles. The van der Waals surface area contributed by atoms with Gasteiger partial charge in [0.25, 0.3) is 5.91 Å². The van der Waals surface area contributed by atoms with Crippen molar-refractivity contribution in [3.8, 4) is 5.75 Å². The highest BCUT2D eigenvalue weighted by molar-refractivity contribution is 5.98. The molecule has 0 aliphatic carbocycles. The average molecular weight is 438 g/mol. The molecule has 0 atom stereocenters. The van der Waals surface area contributed by atoms with E-state index in [1.54, 1.807) is 12.1 Å². The zero-order valence-corrected chi connectivity index (χ0v) is 19.2. The fourth-order valence-electron chi connectivity index (χ4n) is 3.66. The van der Waals surface area contributed by atoms with Gasteiger partial charge in [0.15, 0.2) is 0 Å². The molecule has 0 unspecified atom stereocenters. The van der Waals surface area contributed by atoms with E-state index in [1.165, 1.54) is 12.8 Å². The van der Waals surface area contributed by atoms with Crippen LogP contribution >= 0.6 is 0 Å². The van der Waals surface area contributed by atoms with Crippen LogP contribution in [0.2, 0.25) is 0 Å². The summed E-state index contributed by atoms with van der Waals surface area (Å²) >= 11 is 0. The van der Waals surface area contributed by atoms with Crippen molar-refractivity contribution in [2.24, 2.45) is 5.92 Å². The number of rotatable bonds is 9. The van der Waals surface area contributed by atoms with Gasteiger partial charge in [-0.1, -0.05) is 32.8 Å². The molecule has 2 aromatic carbocycles. The van der Waals surface area contributed by atoms with Crippen LogP contribution in [-0.4, -0.2) is 43.0 Å². The van der Waals surface area contributed by atoms with Crippen LogP contribution in [0, 0.1) is 5.92 Å². The van der Waals surface area contributed by atoms with Crippen molar-refractivity contribution in [3.63, 3.8) is 0 Å². The third-order valence-corrected chi connectivity index (χ3v) is 5.56. The lowest BCUT2D eigenvalue weighted by atomic mass is 10.1. The quantitative estimate of drug-likeness (QED) is 0.567. The van der Waals surface area contributed by atoms with E-state index in [0.717, 1.165) is 43.8 Å². The van der Waals surface area contributed by atoms with Crippen molar-refractivity contribution < 1.29 is 14.3 Å². The fraction of sp³-hybridized carbons (Fsp3) is 0.462. The van der Waals surface area contributed by atoms with Crippen molar-refractivity contribution in [1.29, 1.82) is 0 Å². The molecule has 0 spiro atoms. The maximum atomic E-state index is 12.8. The summed E-state index contributed by atoms with van der Waals surface area (Å²) in [5.74, 6) is 1.31. The van der Waals surface area contributed by atoms with Gasteiger partial charge >= 0.3 is 0 Å². The number of hydrogen-bond acceptors (Lipinski definition) is 4. The molecule has 1 saturated heterocycles. The maximum Gasteiger partial charge on any atom is 0.253 e. The van der Waals surface area contributed by atoms with Crippen LogP contribution < -0.4 is 15.4 Å². The Morgan fingerprint density at radius 1 is 0.969 bits per heavy atom. The van der Waals surface area contributed by atoms with E-state index in [9.17, 15) is 9.59 Å². The molecule has 2 aromatic rings. The molecule has 0 radical (unpaired) electrons. The molecule has 0 aromatic heterocycles. The normalized spacial score (nSPS) is 14.0. The molecule has 32 heavy (non-hydrogen) atoms. The molecule has 1 aliphatic heterocycles. The molecule has 2 amide bonds. The molecule has 1 fully saturated rings.